The van der Waals surface area contributed by atoms with Gasteiger partial charge in [-0.25, -0.2) is 4.68 Å². The van der Waals surface area contributed by atoms with Crippen molar-refractivity contribution in [1.29, 1.82) is 0 Å². The van der Waals surface area contributed by atoms with Gasteiger partial charge in [-0.3, -0.25) is 0 Å². The number of aryl methyl sites for hydroxylation is 1. The van der Waals surface area contributed by atoms with Gasteiger partial charge in [-0.1, -0.05) is 24.3 Å². The first-order chi connectivity index (χ1) is 8.24. The number of benzene rings is 2. The molecule has 0 aliphatic carbocycles. The van der Waals surface area contributed by atoms with Crippen LogP contribution < -0.4 is 0 Å². The summed E-state index contributed by atoms with van der Waals surface area (Å²) in [5, 5.41) is 15.4. The van der Waals surface area contributed by atoms with E-state index in [1.165, 1.54) is 0 Å². The van der Waals surface area contributed by atoms with E-state index in [2.05, 4.69) is 5.10 Å². The third-order valence-electron chi connectivity index (χ3n) is 2.79. The molecule has 1 heterocycles. The van der Waals surface area contributed by atoms with Gasteiger partial charge in [0.1, 0.15) is 11.4 Å². The van der Waals surface area contributed by atoms with Gasteiger partial charge in [0.25, 0.3) is 0 Å². The maximum Gasteiger partial charge on any atom is 0.141 e. The molecule has 0 spiro atoms. The highest BCUT2D eigenvalue weighted by Gasteiger charge is 2.06. The molecule has 3 heteroatoms. The first kappa shape index (κ1) is 9.90. The number of rotatable bonds is 1. The zero-order valence-corrected chi connectivity index (χ0v) is 9.46. The molecular weight excluding hydrogens is 212 g/mol. The van der Waals surface area contributed by atoms with Gasteiger partial charge in [0, 0.05) is 11.6 Å². The summed E-state index contributed by atoms with van der Waals surface area (Å²) in [7, 11) is 0. The summed E-state index contributed by atoms with van der Waals surface area (Å²) >= 11 is 0. The molecule has 0 saturated heterocycles. The molecule has 84 valence electrons. The van der Waals surface area contributed by atoms with Crippen LogP contribution in [-0.4, -0.2) is 14.9 Å². The first-order valence-electron chi connectivity index (χ1n) is 5.48. The summed E-state index contributed by atoms with van der Waals surface area (Å²) in [6, 6.07) is 13.4. The fourth-order valence-electron chi connectivity index (χ4n) is 1.90. The molecule has 1 aromatic heterocycles. The number of hydrogen-bond acceptors (Lipinski definition) is 2. The lowest BCUT2D eigenvalue weighted by Crippen LogP contribution is -1.95. The monoisotopic (exact) mass is 224 g/mol. The summed E-state index contributed by atoms with van der Waals surface area (Å²) in [6.07, 6.45) is 1.92. The van der Waals surface area contributed by atoms with Gasteiger partial charge in [-0.15, -0.1) is 0 Å². The zero-order valence-electron chi connectivity index (χ0n) is 9.46. The maximum atomic E-state index is 9.85. The maximum absolute atomic E-state index is 9.85. The van der Waals surface area contributed by atoms with Gasteiger partial charge in [0.2, 0.25) is 0 Å². The lowest BCUT2D eigenvalue weighted by atomic mass is 10.2. The molecule has 0 unspecified atom stereocenters. The van der Waals surface area contributed by atoms with Crippen molar-refractivity contribution in [3.63, 3.8) is 0 Å². The second kappa shape index (κ2) is 3.63. The summed E-state index contributed by atoms with van der Waals surface area (Å²) < 4.78 is 1.72. The van der Waals surface area contributed by atoms with Crippen LogP contribution in [0.5, 0.6) is 5.75 Å². The fraction of sp³-hybridized carbons (Fsp3) is 0.0714. The zero-order chi connectivity index (χ0) is 11.8. The normalized spacial score (nSPS) is 10.9. The lowest BCUT2D eigenvalue weighted by Gasteiger charge is -2.04. The van der Waals surface area contributed by atoms with E-state index in [1.807, 2.05) is 49.5 Å². The van der Waals surface area contributed by atoms with Gasteiger partial charge in [-0.2, -0.15) is 5.10 Å². The van der Waals surface area contributed by atoms with E-state index in [-0.39, 0.29) is 5.75 Å². The fourth-order valence-corrected chi connectivity index (χ4v) is 1.90. The molecule has 17 heavy (non-hydrogen) atoms. The Labute approximate surface area is 98.9 Å². The second-order valence-electron chi connectivity index (χ2n) is 4.12. The van der Waals surface area contributed by atoms with Gasteiger partial charge < -0.3 is 5.11 Å². The highest BCUT2D eigenvalue weighted by molar-refractivity contribution is 5.78. The molecule has 0 saturated carbocycles. The van der Waals surface area contributed by atoms with Crippen molar-refractivity contribution < 1.29 is 5.11 Å². The van der Waals surface area contributed by atoms with Crippen LogP contribution in [0, 0.1) is 6.92 Å². The lowest BCUT2D eigenvalue weighted by molar-refractivity contribution is 0.470. The average Bonchev–Trinajstić information content (AvgIpc) is 2.75. The molecule has 0 aliphatic heterocycles. The molecule has 3 nitrogen and oxygen atoms in total. The van der Waals surface area contributed by atoms with Crippen molar-refractivity contribution >= 4 is 10.9 Å². The minimum absolute atomic E-state index is 0.239. The van der Waals surface area contributed by atoms with E-state index in [4.69, 9.17) is 0 Å². The molecule has 0 radical (unpaired) electrons. The Hall–Kier alpha value is -2.29. The van der Waals surface area contributed by atoms with Crippen molar-refractivity contribution in [2.75, 3.05) is 0 Å². The minimum atomic E-state index is 0.239. The molecule has 1 N–H and O–H groups in total. The van der Waals surface area contributed by atoms with Crippen LogP contribution in [0.3, 0.4) is 0 Å². The average molecular weight is 224 g/mol. The second-order valence-corrected chi connectivity index (χ2v) is 4.12. The molecule has 0 bridgehead atoms. The Morgan fingerprint density at radius 2 is 1.94 bits per heavy atom. The van der Waals surface area contributed by atoms with Crippen LogP contribution in [0.2, 0.25) is 0 Å². The van der Waals surface area contributed by atoms with E-state index >= 15 is 0 Å². The van der Waals surface area contributed by atoms with Crippen LogP contribution >= 0.6 is 0 Å². The number of aromatic hydroxyl groups is 1. The molecule has 0 atom stereocenters. The molecular formula is C14H12N2O. The molecule has 3 aromatic rings. The first-order valence-corrected chi connectivity index (χ1v) is 5.48. The predicted octanol–water partition coefficient (Wildman–Crippen LogP) is 3.04. The van der Waals surface area contributed by atoms with Crippen LogP contribution in [0.15, 0.2) is 48.7 Å². The molecule has 2 aromatic carbocycles. The van der Waals surface area contributed by atoms with E-state index in [1.54, 1.807) is 10.7 Å². The standard InChI is InChI=1S/C14H12N2O/c1-10-6-7-14(17)13(8-10)16-9-11-4-2-3-5-12(11)15-16/h2-9,17H,1H3. The predicted molar refractivity (Wildman–Crippen MR) is 67.5 cm³/mol. The summed E-state index contributed by atoms with van der Waals surface area (Å²) in [6.45, 7) is 1.99. The van der Waals surface area contributed by atoms with Crippen molar-refractivity contribution in [3.8, 4) is 11.4 Å². The van der Waals surface area contributed by atoms with Crippen LogP contribution in [0.4, 0.5) is 0 Å². The molecule has 0 aliphatic rings. The van der Waals surface area contributed by atoms with Gasteiger partial charge >= 0.3 is 0 Å². The Kier molecular flexibility index (Phi) is 2.11. The van der Waals surface area contributed by atoms with Crippen molar-refractivity contribution in [2.24, 2.45) is 0 Å². The van der Waals surface area contributed by atoms with Crippen LogP contribution in [-0.2, 0) is 0 Å². The number of phenolic OH excluding ortho intramolecular Hbond substituents is 1. The minimum Gasteiger partial charge on any atom is -0.506 e. The third-order valence-corrected chi connectivity index (χ3v) is 2.79. The van der Waals surface area contributed by atoms with Crippen molar-refractivity contribution in [2.45, 2.75) is 6.92 Å². The Morgan fingerprint density at radius 3 is 2.76 bits per heavy atom. The summed E-state index contributed by atoms with van der Waals surface area (Å²) in [5.41, 5.74) is 2.73. The number of hydrogen-bond donors (Lipinski definition) is 1. The van der Waals surface area contributed by atoms with Crippen LogP contribution in [0.25, 0.3) is 16.6 Å². The highest BCUT2D eigenvalue weighted by atomic mass is 16.3. The van der Waals surface area contributed by atoms with Gasteiger partial charge in [0.05, 0.1) is 5.52 Å². The smallest absolute Gasteiger partial charge is 0.141 e. The van der Waals surface area contributed by atoms with Gasteiger partial charge in [0.15, 0.2) is 0 Å². The Balaban J connectivity index is 2.23. The molecule has 0 amide bonds. The third kappa shape index (κ3) is 1.65. The largest absolute Gasteiger partial charge is 0.506 e. The SMILES string of the molecule is Cc1ccc(O)c(-n2cc3ccccc3n2)c1. The van der Waals surface area contributed by atoms with E-state index in [0.29, 0.717) is 5.69 Å². The van der Waals surface area contributed by atoms with Crippen LogP contribution in [0.1, 0.15) is 5.56 Å². The number of aromatic nitrogens is 2. The highest BCUT2D eigenvalue weighted by Crippen LogP contribution is 2.24. The topological polar surface area (TPSA) is 38.0 Å². The van der Waals surface area contributed by atoms with Gasteiger partial charge in [-0.05, 0) is 30.7 Å². The summed E-state index contributed by atoms with van der Waals surface area (Å²) in [4.78, 5) is 0. The molecule has 3 rings (SSSR count). The quantitative estimate of drug-likeness (QED) is 0.690. The Morgan fingerprint density at radius 1 is 1.12 bits per heavy atom. The Bertz CT molecular complexity index is 653. The van der Waals surface area contributed by atoms with E-state index in [9.17, 15) is 5.11 Å². The number of phenols is 1. The number of fused-ring (bicyclic) bond motifs is 1. The summed E-state index contributed by atoms with van der Waals surface area (Å²) in [5.74, 6) is 0.239. The van der Waals surface area contributed by atoms with E-state index in [0.717, 1.165) is 16.5 Å². The van der Waals surface area contributed by atoms with Crippen molar-refractivity contribution in [1.82, 2.24) is 9.78 Å². The van der Waals surface area contributed by atoms with Crippen molar-refractivity contribution in [3.05, 3.63) is 54.2 Å². The van der Waals surface area contributed by atoms with E-state index < -0.39 is 0 Å². The number of nitrogens with zero attached hydrogens (tertiary/aromatic N) is 2. The molecule has 0 fully saturated rings.